The van der Waals surface area contributed by atoms with Gasteiger partial charge in [0.25, 0.3) is 5.91 Å². The van der Waals surface area contributed by atoms with E-state index in [0.717, 1.165) is 37.8 Å². The summed E-state index contributed by atoms with van der Waals surface area (Å²) >= 11 is 0. The molecule has 0 heterocycles. The maximum absolute atomic E-state index is 13.3. The minimum absolute atomic E-state index is 0.0713. The lowest BCUT2D eigenvalue weighted by atomic mass is 9.86. The number of amides is 1. The van der Waals surface area contributed by atoms with E-state index in [2.05, 4.69) is 5.32 Å². The molecule has 0 saturated heterocycles. The number of hydrogen-bond acceptors (Lipinski definition) is 3. The van der Waals surface area contributed by atoms with Gasteiger partial charge < -0.3 is 15.2 Å². The van der Waals surface area contributed by atoms with Gasteiger partial charge in [-0.15, -0.1) is 0 Å². The SMILES string of the molecule is O=C(COc1ccc(F)cc1F)NC1CCC(CO)CC1. The summed E-state index contributed by atoms with van der Waals surface area (Å²) in [6, 6.07) is 3.02. The predicted molar refractivity (Wildman–Crippen MR) is 72.8 cm³/mol. The third-order valence-electron chi connectivity index (χ3n) is 3.72. The van der Waals surface area contributed by atoms with Crippen LogP contribution in [0.25, 0.3) is 0 Å². The fourth-order valence-corrected chi connectivity index (χ4v) is 2.49. The van der Waals surface area contributed by atoms with Crippen molar-refractivity contribution in [2.24, 2.45) is 5.92 Å². The number of hydrogen-bond donors (Lipinski definition) is 2. The molecule has 1 aliphatic carbocycles. The van der Waals surface area contributed by atoms with Gasteiger partial charge in [-0.25, -0.2) is 8.78 Å². The molecular formula is C15H19F2NO3. The third-order valence-corrected chi connectivity index (χ3v) is 3.72. The summed E-state index contributed by atoms with van der Waals surface area (Å²) in [6.07, 6.45) is 3.41. The summed E-state index contributed by atoms with van der Waals surface area (Å²) in [5.41, 5.74) is 0. The number of halogens is 2. The minimum atomic E-state index is -0.828. The first kappa shape index (κ1) is 15.7. The number of carbonyl (C=O) groups excluding carboxylic acids is 1. The average Bonchev–Trinajstić information content (AvgIpc) is 2.47. The van der Waals surface area contributed by atoms with Crippen molar-refractivity contribution in [1.29, 1.82) is 0 Å². The zero-order valence-corrected chi connectivity index (χ0v) is 11.6. The van der Waals surface area contributed by atoms with Gasteiger partial charge in [0, 0.05) is 18.7 Å². The van der Waals surface area contributed by atoms with Crippen molar-refractivity contribution in [1.82, 2.24) is 5.32 Å². The Bertz CT molecular complexity index is 488. The first-order chi connectivity index (χ1) is 10.1. The molecule has 1 aromatic carbocycles. The van der Waals surface area contributed by atoms with E-state index in [0.29, 0.717) is 12.0 Å². The van der Waals surface area contributed by atoms with Gasteiger partial charge in [-0.1, -0.05) is 0 Å². The van der Waals surface area contributed by atoms with E-state index < -0.39 is 11.6 Å². The molecule has 0 aromatic heterocycles. The molecule has 1 aliphatic rings. The predicted octanol–water partition coefficient (Wildman–Crippen LogP) is 2.01. The van der Waals surface area contributed by atoms with E-state index in [1.807, 2.05) is 0 Å². The van der Waals surface area contributed by atoms with Gasteiger partial charge in [0.2, 0.25) is 0 Å². The number of ether oxygens (including phenoxy) is 1. The van der Waals surface area contributed by atoms with Gasteiger partial charge >= 0.3 is 0 Å². The number of rotatable bonds is 5. The number of aliphatic hydroxyl groups excluding tert-OH is 1. The van der Waals surface area contributed by atoms with Crippen LogP contribution in [0.5, 0.6) is 5.75 Å². The first-order valence-electron chi connectivity index (χ1n) is 7.06. The van der Waals surface area contributed by atoms with E-state index in [9.17, 15) is 13.6 Å². The number of nitrogens with one attached hydrogen (secondary N) is 1. The Morgan fingerprint density at radius 1 is 1.29 bits per heavy atom. The maximum atomic E-state index is 13.3. The molecular weight excluding hydrogens is 280 g/mol. The van der Waals surface area contributed by atoms with E-state index >= 15 is 0 Å². The van der Waals surface area contributed by atoms with Gasteiger partial charge in [-0.2, -0.15) is 0 Å². The molecule has 6 heteroatoms. The second-order valence-electron chi connectivity index (χ2n) is 5.33. The minimum Gasteiger partial charge on any atom is -0.481 e. The molecule has 2 rings (SSSR count). The monoisotopic (exact) mass is 299 g/mol. The summed E-state index contributed by atoms with van der Waals surface area (Å²) in [4.78, 5) is 11.7. The zero-order chi connectivity index (χ0) is 15.2. The number of aliphatic hydroxyl groups is 1. The van der Waals surface area contributed by atoms with Crippen molar-refractivity contribution in [3.63, 3.8) is 0 Å². The molecule has 0 bridgehead atoms. The molecule has 0 aliphatic heterocycles. The van der Waals surface area contributed by atoms with Crippen molar-refractivity contribution in [3.05, 3.63) is 29.8 Å². The van der Waals surface area contributed by atoms with Gasteiger partial charge in [0.15, 0.2) is 18.2 Å². The lowest BCUT2D eigenvalue weighted by Gasteiger charge is -2.27. The van der Waals surface area contributed by atoms with Crippen LogP contribution in [0, 0.1) is 17.6 Å². The molecule has 4 nitrogen and oxygen atoms in total. The van der Waals surface area contributed by atoms with E-state index in [1.165, 1.54) is 0 Å². The fraction of sp³-hybridized carbons (Fsp3) is 0.533. The van der Waals surface area contributed by atoms with Crippen LogP contribution >= 0.6 is 0 Å². The molecule has 116 valence electrons. The van der Waals surface area contributed by atoms with Crippen LogP contribution in [0.15, 0.2) is 18.2 Å². The molecule has 1 saturated carbocycles. The maximum Gasteiger partial charge on any atom is 0.258 e. The van der Waals surface area contributed by atoms with Crippen LogP contribution in [0.4, 0.5) is 8.78 Å². The average molecular weight is 299 g/mol. The topological polar surface area (TPSA) is 58.6 Å². The quantitative estimate of drug-likeness (QED) is 0.874. The van der Waals surface area contributed by atoms with E-state index in [1.54, 1.807) is 0 Å². The molecule has 21 heavy (non-hydrogen) atoms. The van der Waals surface area contributed by atoms with E-state index in [-0.39, 0.29) is 30.9 Å². The van der Waals surface area contributed by atoms with Crippen molar-refractivity contribution < 1.29 is 23.4 Å². The Hall–Kier alpha value is -1.69. The van der Waals surface area contributed by atoms with Crippen LogP contribution in [0.1, 0.15) is 25.7 Å². The van der Waals surface area contributed by atoms with Crippen LogP contribution < -0.4 is 10.1 Å². The highest BCUT2D eigenvalue weighted by Crippen LogP contribution is 2.23. The molecule has 0 spiro atoms. The molecule has 0 unspecified atom stereocenters. The van der Waals surface area contributed by atoms with Crippen molar-refractivity contribution >= 4 is 5.91 Å². The Balaban J connectivity index is 1.75. The normalized spacial score (nSPS) is 21.9. The lowest BCUT2D eigenvalue weighted by Crippen LogP contribution is -2.40. The zero-order valence-electron chi connectivity index (χ0n) is 11.6. The molecule has 1 amide bonds. The second kappa shape index (κ2) is 7.36. The largest absolute Gasteiger partial charge is 0.481 e. The van der Waals surface area contributed by atoms with E-state index in [4.69, 9.17) is 9.84 Å². The second-order valence-corrected chi connectivity index (χ2v) is 5.33. The van der Waals surface area contributed by atoms with Crippen molar-refractivity contribution in [2.45, 2.75) is 31.7 Å². The molecule has 0 atom stereocenters. The Kier molecular flexibility index (Phi) is 5.50. The van der Waals surface area contributed by atoms with Crippen molar-refractivity contribution in [2.75, 3.05) is 13.2 Å². The van der Waals surface area contributed by atoms with Crippen LogP contribution in [-0.2, 0) is 4.79 Å². The summed E-state index contributed by atoms with van der Waals surface area (Å²) < 4.78 is 31.1. The Labute approximate surface area is 122 Å². The smallest absolute Gasteiger partial charge is 0.258 e. The highest BCUT2D eigenvalue weighted by Gasteiger charge is 2.22. The lowest BCUT2D eigenvalue weighted by molar-refractivity contribution is -0.124. The molecule has 2 N–H and O–H groups in total. The summed E-state index contributed by atoms with van der Waals surface area (Å²) in [6.45, 7) is -0.115. The Morgan fingerprint density at radius 2 is 2.00 bits per heavy atom. The third kappa shape index (κ3) is 4.67. The number of benzene rings is 1. The van der Waals surface area contributed by atoms with Gasteiger partial charge in [-0.3, -0.25) is 4.79 Å². The summed E-state index contributed by atoms with van der Waals surface area (Å²) in [5, 5.41) is 11.9. The standard InChI is InChI=1S/C15H19F2NO3/c16-11-3-6-14(13(17)7-11)21-9-15(20)18-12-4-1-10(8-19)2-5-12/h3,6-7,10,12,19H,1-2,4-5,8-9H2,(H,18,20). The van der Waals surface area contributed by atoms with Gasteiger partial charge in [0.05, 0.1) is 0 Å². The molecule has 1 aromatic rings. The van der Waals surface area contributed by atoms with Crippen LogP contribution in [-0.4, -0.2) is 30.3 Å². The highest BCUT2D eigenvalue weighted by atomic mass is 19.1. The van der Waals surface area contributed by atoms with Crippen LogP contribution in [0.2, 0.25) is 0 Å². The summed E-state index contributed by atoms with van der Waals surface area (Å²) in [7, 11) is 0. The molecule has 1 fully saturated rings. The highest BCUT2D eigenvalue weighted by molar-refractivity contribution is 5.77. The van der Waals surface area contributed by atoms with Crippen LogP contribution in [0.3, 0.4) is 0 Å². The van der Waals surface area contributed by atoms with Gasteiger partial charge in [0.1, 0.15) is 5.82 Å². The fourth-order valence-electron chi connectivity index (χ4n) is 2.49. The first-order valence-corrected chi connectivity index (χ1v) is 7.06. The van der Waals surface area contributed by atoms with Gasteiger partial charge in [-0.05, 0) is 43.7 Å². The molecule has 0 radical (unpaired) electrons. The number of carbonyl (C=O) groups is 1. The summed E-state index contributed by atoms with van der Waals surface area (Å²) in [5.74, 6) is -1.67. The Morgan fingerprint density at radius 3 is 2.62 bits per heavy atom. The van der Waals surface area contributed by atoms with Crippen molar-refractivity contribution in [3.8, 4) is 5.75 Å².